The van der Waals surface area contributed by atoms with Crippen molar-refractivity contribution >= 4 is 5.91 Å². The van der Waals surface area contributed by atoms with Gasteiger partial charge in [0.2, 0.25) is 0 Å². The van der Waals surface area contributed by atoms with E-state index in [1.165, 1.54) is 5.56 Å². The van der Waals surface area contributed by atoms with Crippen LogP contribution in [0.1, 0.15) is 46.8 Å². The van der Waals surface area contributed by atoms with Gasteiger partial charge in [-0.15, -0.1) is 0 Å². The summed E-state index contributed by atoms with van der Waals surface area (Å²) in [5.41, 5.74) is 2.27. The SMILES string of the molecule is CCC(NC(=O)c1ccc(COc2ccc(OC)cc2)o1)c1ccc(C)cc1. The monoisotopic (exact) mass is 379 g/mol. The molecule has 0 fully saturated rings. The van der Waals surface area contributed by atoms with Gasteiger partial charge in [0.25, 0.3) is 5.91 Å². The highest BCUT2D eigenvalue weighted by Gasteiger charge is 2.17. The number of amides is 1. The zero-order valence-corrected chi connectivity index (χ0v) is 16.4. The molecule has 3 rings (SSSR count). The first-order chi connectivity index (χ1) is 13.6. The van der Waals surface area contributed by atoms with Crippen molar-refractivity contribution in [1.82, 2.24) is 5.32 Å². The fraction of sp³-hybridized carbons (Fsp3) is 0.261. The number of benzene rings is 2. The lowest BCUT2D eigenvalue weighted by molar-refractivity contribution is 0.0903. The van der Waals surface area contributed by atoms with E-state index in [4.69, 9.17) is 13.9 Å². The van der Waals surface area contributed by atoms with Crippen LogP contribution >= 0.6 is 0 Å². The number of aryl methyl sites for hydroxylation is 1. The molecule has 0 spiro atoms. The molecule has 5 nitrogen and oxygen atoms in total. The molecule has 0 bridgehead atoms. The van der Waals surface area contributed by atoms with E-state index in [0.717, 1.165) is 17.7 Å². The third kappa shape index (κ3) is 4.94. The van der Waals surface area contributed by atoms with E-state index >= 15 is 0 Å². The summed E-state index contributed by atoms with van der Waals surface area (Å²) in [5.74, 6) is 2.10. The van der Waals surface area contributed by atoms with Crippen LogP contribution < -0.4 is 14.8 Å². The van der Waals surface area contributed by atoms with Crippen LogP contribution in [-0.4, -0.2) is 13.0 Å². The van der Waals surface area contributed by atoms with Crippen LogP contribution in [0.15, 0.2) is 65.1 Å². The number of hydrogen-bond acceptors (Lipinski definition) is 4. The number of nitrogens with one attached hydrogen (secondary N) is 1. The van der Waals surface area contributed by atoms with Gasteiger partial charge in [0, 0.05) is 0 Å². The maximum atomic E-state index is 12.6. The van der Waals surface area contributed by atoms with E-state index in [-0.39, 0.29) is 24.3 Å². The minimum absolute atomic E-state index is 0.0581. The van der Waals surface area contributed by atoms with Gasteiger partial charge in [-0.2, -0.15) is 0 Å². The van der Waals surface area contributed by atoms with Crippen LogP contribution in [0.4, 0.5) is 0 Å². The summed E-state index contributed by atoms with van der Waals surface area (Å²) in [6, 6.07) is 18.8. The summed E-state index contributed by atoms with van der Waals surface area (Å²) in [4.78, 5) is 12.6. The standard InChI is InChI=1S/C23H25NO4/c1-4-21(17-7-5-16(2)6-8-17)24-23(25)22-14-13-20(28-22)15-27-19-11-9-18(26-3)10-12-19/h5-14,21H,4,15H2,1-3H3,(H,24,25). The molecule has 0 aliphatic rings. The van der Waals surface area contributed by atoms with Crippen LogP contribution in [0, 0.1) is 6.92 Å². The Hall–Kier alpha value is -3.21. The van der Waals surface area contributed by atoms with E-state index in [1.54, 1.807) is 19.2 Å². The number of methoxy groups -OCH3 is 1. The Labute approximate surface area is 165 Å². The van der Waals surface area contributed by atoms with Crippen LogP contribution in [0.5, 0.6) is 11.5 Å². The van der Waals surface area contributed by atoms with Crippen molar-refractivity contribution in [3.8, 4) is 11.5 Å². The number of furan rings is 1. The summed E-state index contributed by atoms with van der Waals surface area (Å²) in [6.07, 6.45) is 0.795. The van der Waals surface area contributed by atoms with E-state index in [2.05, 4.69) is 5.32 Å². The molecule has 1 N–H and O–H groups in total. The molecule has 2 aromatic carbocycles. The largest absolute Gasteiger partial charge is 0.497 e. The molecular weight excluding hydrogens is 354 g/mol. The molecule has 1 heterocycles. The first kappa shape index (κ1) is 19.5. The first-order valence-electron chi connectivity index (χ1n) is 9.32. The van der Waals surface area contributed by atoms with Gasteiger partial charge < -0.3 is 19.2 Å². The Morgan fingerprint density at radius 2 is 1.68 bits per heavy atom. The minimum Gasteiger partial charge on any atom is -0.497 e. The van der Waals surface area contributed by atoms with Gasteiger partial charge in [-0.05, 0) is 55.3 Å². The number of carbonyl (C=O) groups is 1. The third-order valence-corrected chi connectivity index (χ3v) is 4.52. The average molecular weight is 379 g/mol. The van der Waals surface area contributed by atoms with Crippen molar-refractivity contribution < 1.29 is 18.7 Å². The molecule has 3 aromatic rings. The molecule has 0 aliphatic heterocycles. The summed E-state index contributed by atoms with van der Waals surface area (Å²) in [6.45, 7) is 4.33. The number of hydrogen-bond donors (Lipinski definition) is 1. The van der Waals surface area contributed by atoms with Crippen molar-refractivity contribution in [3.63, 3.8) is 0 Å². The van der Waals surface area contributed by atoms with E-state index in [0.29, 0.717) is 11.5 Å². The minimum atomic E-state index is -0.233. The molecular formula is C23H25NO4. The molecule has 5 heteroatoms. The van der Waals surface area contributed by atoms with Crippen LogP contribution in [-0.2, 0) is 6.61 Å². The number of rotatable bonds is 8. The highest BCUT2D eigenvalue weighted by Crippen LogP contribution is 2.20. The second-order valence-corrected chi connectivity index (χ2v) is 6.58. The summed E-state index contributed by atoms with van der Waals surface area (Å²) < 4.78 is 16.5. The van der Waals surface area contributed by atoms with Crippen molar-refractivity contribution in [2.45, 2.75) is 32.9 Å². The lowest BCUT2D eigenvalue weighted by Gasteiger charge is -2.17. The van der Waals surface area contributed by atoms with Gasteiger partial charge in [0.15, 0.2) is 5.76 Å². The first-order valence-corrected chi connectivity index (χ1v) is 9.32. The quantitative estimate of drug-likeness (QED) is 0.594. The van der Waals surface area contributed by atoms with Crippen LogP contribution in [0.2, 0.25) is 0 Å². The fourth-order valence-electron chi connectivity index (χ4n) is 2.85. The molecule has 0 saturated heterocycles. The zero-order chi connectivity index (χ0) is 19.9. The van der Waals surface area contributed by atoms with Crippen LogP contribution in [0.25, 0.3) is 0 Å². The van der Waals surface area contributed by atoms with E-state index in [1.807, 2.05) is 62.4 Å². The zero-order valence-electron chi connectivity index (χ0n) is 16.4. The third-order valence-electron chi connectivity index (χ3n) is 4.52. The van der Waals surface area contributed by atoms with Crippen LogP contribution in [0.3, 0.4) is 0 Å². The van der Waals surface area contributed by atoms with Gasteiger partial charge in [-0.1, -0.05) is 36.8 Å². The van der Waals surface area contributed by atoms with Crippen molar-refractivity contribution in [2.75, 3.05) is 7.11 Å². The number of carbonyl (C=O) groups excluding carboxylic acids is 1. The molecule has 0 saturated carbocycles. The molecule has 0 radical (unpaired) electrons. The van der Waals surface area contributed by atoms with Crippen molar-refractivity contribution in [2.24, 2.45) is 0 Å². The second kappa shape index (κ2) is 9.13. The van der Waals surface area contributed by atoms with Gasteiger partial charge in [-0.25, -0.2) is 0 Å². The summed E-state index contributed by atoms with van der Waals surface area (Å²) in [7, 11) is 1.62. The normalized spacial score (nSPS) is 11.7. The van der Waals surface area contributed by atoms with Gasteiger partial charge >= 0.3 is 0 Å². The Kier molecular flexibility index (Phi) is 6.37. The Morgan fingerprint density at radius 1 is 1.00 bits per heavy atom. The lowest BCUT2D eigenvalue weighted by atomic mass is 10.0. The maximum absolute atomic E-state index is 12.6. The highest BCUT2D eigenvalue weighted by atomic mass is 16.5. The summed E-state index contributed by atoms with van der Waals surface area (Å²) in [5, 5.41) is 3.03. The molecule has 1 unspecified atom stereocenters. The second-order valence-electron chi connectivity index (χ2n) is 6.58. The molecule has 146 valence electrons. The van der Waals surface area contributed by atoms with Gasteiger partial charge in [0.05, 0.1) is 13.2 Å². The predicted molar refractivity (Wildman–Crippen MR) is 108 cm³/mol. The lowest BCUT2D eigenvalue weighted by Crippen LogP contribution is -2.27. The Bertz CT molecular complexity index is 897. The van der Waals surface area contributed by atoms with E-state index in [9.17, 15) is 4.79 Å². The Balaban J connectivity index is 1.58. The molecule has 1 amide bonds. The summed E-state index contributed by atoms with van der Waals surface area (Å²) >= 11 is 0. The molecule has 28 heavy (non-hydrogen) atoms. The van der Waals surface area contributed by atoms with Gasteiger partial charge in [-0.3, -0.25) is 4.79 Å². The molecule has 1 aromatic heterocycles. The Morgan fingerprint density at radius 3 is 2.32 bits per heavy atom. The molecule has 1 atom stereocenters. The van der Waals surface area contributed by atoms with Gasteiger partial charge in [0.1, 0.15) is 23.9 Å². The van der Waals surface area contributed by atoms with E-state index < -0.39 is 0 Å². The number of ether oxygens (including phenoxy) is 2. The van der Waals surface area contributed by atoms with Crippen molar-refractivity contribution in [1.29, 1.82) is 0 Å². The maximum Gasteiger partial charge on any atom is 0.287 e. The fourth-order valence-corrected chi connectivity index (χ4v) is 2.85. The topological polar surface area (TPSA) is 60.7 Å². The average Bonchev–Trinajstić information content (AvgIpc) is 3.21. The smallest absolute Gasteiger partial charge is 0.287 e. The van der Waals surface area contributed by atoms with Crippen molar-refractivity contribution in [3.05, 3.63) is 83.3 Å². The highest BCUT2D eigenvalue weighted by molar-refractivity contribution is 5.91. The molecule has 0 aliphatic carbocycles. The predicted octanol–water partition coefficient (Wildman–Crippen LogP) is 5.06.